The molecule has 0 bridgehead atoms. The van der Waals surface area contributed by atoms with Crippen LogP contribution in [0.15, 0.2) is 59.8 Å². The van der Waals surface area contributed by atoms with E-state index in [4.69, 9.17) is 4.52 Å². The maximum atomic E-state index is 12.7. The molecular weight excluding hydrogens is 496 g/mol. The smallest absolute Gasteiger partial charge is 0.273 e. The average molecular weight is 529 g/mol. The fourth-order valence-electron chi connectivity index (χ4n) is 4.94. The number of aliphatic hydroxyl groups is 1. The molecule has 1 saturated heterocycles. The Labute approximate surface area is 226 Å². The Morgan fingerprint density at radius 2 is 2.08 bits per heavy atom. The van der Waals surface area contributed by atoms with Gasteiger partial charge in [-0.15, -0.1) is 0 Å². The van der Waals surface area contributed by atoms with Gasteiger partial charge in [0.05, 0.1) is 11.4 Å². The van der Waals surface area contributed by atoms with Gasteiger partial charge < -0.3 is 19.8 Å². The minimum atomic E-state index is -1.22. The Morgan fingerprint density at radius 3 is 2.77 bits per heavy atom. The van der Waals surface area contributed by atoms with Gasteiger partial charge >= 0.3 is 0 Å². The molecule has 1 aliphatic heterocycles. The van der Waals surface area contributed by atoms with Crippen LogP contribution in [0.25, 0.3) is 22.2 Å². The number of rotatable bonds is 9. The second-order valence-corrected chi connectivity index (χ2v) is 10.6. The van der Waals surface area contributed by atoms with Gasteiger partial charge in [0, 0.05) is 31.8 Å². The van der Waals surface area contributed by atoms with Gasteiger partial charge in [-0.3, -0.25) is 14.7 Å². The number of benzene rings is 1. The van der Waals surface area contributed by atoms with Crippen molar-refractivity contribution in [1.82, 2.24) is 25.7 Å². The molecule has 3 N–H and O–H groups in total. The number of nitrogens with zero attached hydrogens (tertiary/aromatic N) is 4. The van der Waals surface area contributed by atoms with Gasteiger partial charge in [0.2, 0.25) is 0 Å². The van der Waals surface area contributed by atoms with Crippen LogP contribution >= 0.6 is 0 Å². The van der Waals surface area contributed by atoms with Crippen molar-refractivity contribution in [3.63, 3.8) is 0 Å². The highest BCUT2D eigenvalue weighted by atomic mass is 16.5. The molecule has 1 aromatic carbocycles. The van der Waals surface area contributed by atoms with Crippen molar-refractivity contribution in [3.05, 3.63) is 72.3 Å². The van der Waals surface area contributed by atoms with Crippen molar-refractivity contribution in [2.75, 3.05) is 18.0 Å². The molecule has 3 aromatic heterocycles. The van der Waals surface area contributed by atoms with Crippen LogP contribution in [-0.2, 0) is 10.4 Å². The second kappa shape index (κ2) is 10.5. The summed E-state index contributed by atoms with van der Waals surface area (Å²) in [5.41, 5.74) is 2.51. The Morgan fingerprint density at radius 1 is 1.31 bits per heavy atom. The van der Waals surface area contributed by atoms with E-state index >= 15 is 0 Å². The number of allylic oxidation sites excluding steroid dienone is 1. The highest BCUT2D eigenvalue weighted by Crippen LogP contribution is 2.36. The summed E-state index contributed by atoms with van der Waals surface area (Å²) in [5, 5.41) is 25.3. The predicted molar refractivity (Wildman–Crippen MR) is 147 cm³/mol. The standard InChI is InChI=1S/C29H32N6O4/c1-5-21(36)14-18-11-13-35(16-18)27-25-22(10-12-30-26(25)32-33-27)20-8-6-19(7-9-20)17(2)31-28(37)23-15-24(39-34-23)29(3,4)38/h5-10,12,15,17-18,38H,1,11,13-14,16H2,2-4H3,(H,31,37)(H,30,32,33)/t17-,18+/m1/s1. The first-order valence-electron chi connectivity index (χ1n) is 13.0. The number of ketones is 1. The van der Waals surface area contributed by atoms with E-state index in [0.717, 1.165) is 47.4 Å². The number of amides is 1. The maximum Gasteiger partial charge on any atom is 0.273 e. The highest BCUT2D eigenvalue weighted by molar-refractivity contribution is 6.01. The van der Waals surface area contributed by atoms with Crippen LogP contribution in [-0.4, -0.2) is 50.2 Å². The third-order valence-corrected chi connectivity index (χ3v) is 7.16. The quantitative estimate of drug-likeness (QED) is 0.274. The van der Waals surface area contributed by atoms with Crippen molar-refractivity contribution < 1.29 is 19.2 Å². The van der Waals surface area contributed by atoms with Crippen LogP contribution < -0.4 is 10.2 Å². The van der Waals surface area contributed by atoms with E-state index in [0.29, 0.717) is 12.1 Å². The number of aromatic amines is 1. The monoisotopic (exact) mass is 528 g/mol. The summed E-state index contributed by atoms with van der Waals surface area (Å²) in [6, 6.07) is 11.1. The van der Waals surface area contributed by atoms with E-state index < -0.39 is 5.60 Å². The topological polar surface area (TPSA) is 137 Å². The number of aromatic nitrogens is 4. The fourth-order valence-corrected chi connectivity index (χ4v) is 4.94. The summed E-state index contributed by atoms with van der Waals surface area (Å²) in [7, 11) is 0. The normalized spacial score (nSPS) is 16.4. The largest absolute Gasteiger partial charge is 0.382 e. The number of anilines is 1. The molecular formula is C29H32N6O4. The molecule has 0 unspecified atom stereocenters. The predicted octanol–water partition coefficient (Wildman–Crippen LogP) is 4.30. The zero-order chi connectivity index (χ0) is 27.7. The molecule has 0 radical (unpaired) electrons. The molecule has 202 valence electrons. The number of hydrogen-bond acceptors (Lipinski definition) is 8. The molecule has 1 aliphatic rings. The summed E-state index contributed by atoms with van der Waals surface area (Å²) < 4.78 is 5.11. The molecule has 0 spiro atoms. The van der Waals surface area contributed by atoms with E-state index in [1.165, 1.54) is 12.1 Å². The van der Waals surface area contributed by atoms with Crippen LogP contribution in [0.3, 0.4) is 0 Å². The number of hydrogen-bond donors (Lipinski definition) is 3. The van der Waals surface area contributed by atoms with Crippen molar-refractivity contribution in [2.24, 2.45) is 5.92 Å². The first-order chi connectivity index (χ1) is 18.6. The Kier molecular flexibility index (Phi) is 7.05. The molecule has 10 nitrogen and oxygen atoms in total. The highest BCUT2D eigenvalue weighted by Gasteiger charge is 2.28. The second-order valence-electron chi connectivity index (χ2n) is 10.6. The third kappa shape index (κ3) is 5.46. The summed E-state index contributed by atoms with van der Waals surface area (Å²) in [6.07, 6.45) is 4.58. The van der Waals surface area contributed by atoms with Gasteiger partial charge in [0.25, 0.3) is 5.91 Å². The van der Waals surface area contributed by atoms with Crippen molar-refractivity contribution >= 4 is 28.5 Å². The zero-order valence-electron chi connectivity index (χ0n) is 22.3. The first kappa shape index (κ1) is 26.3. The molecule has 1 fully saturated rings. The van der Waals surface area contributed by atoms with Crippen LogP contribution in [0, 0.1) is 5.92 Å². The molecule has 4 heterocycles. The lowest BCUT2D eigenvalue weighted by atomic mass is 9.99. The summed E-state index contributed by atoms with van der Waals surface area (Å²) in [5.74, 6) is 1.02. The van der Waals surface area contributed by atoms with Crippen molar-refractivity contribution in [1.29, 1.82) is 0 Å². The van der Waals surface area contributed by atoms with Crippen LogP contribution in [0.1, 0.15) is 61.5 Å². The summed E-state index contributed by atoms with van der Waals surface area (Å²) in [6.45, 7) is 10.2. The number of nitrogens with one attached hydrogen (secondary N) is 2. The molecule has 5 rings (SSSR count). The van der Waals surface area contributed by atoms with Crippen molar-refractivity contribution in [3.8, 4) is 11.1 Å². The van der Waals surface area contributed by atoms with Crippen molar-refractivity contribution in [2.45, 2.75) is 45.3 Å². The number of carbonyl (C=O) groups is 2. The minimum absolute atomic E-state index is 0.0708. The molecule has 39 heavy (non-hydrogen) atoms. The Bertz CT molecular complexity index is 1510. The fraction of sp³-hybridized carbons (Fsp3) is 0.345. The van der Waals surface area contributed by atoms with Gasteiger partial charge in [0.15, 0.2) is 28.7 Å². The van der Waals surface area contributed by atoms with Gasteiger partial charge in [-0.1, -0.05) is 36.0 Å². The number of carbonyl (C=O) groups excluding carboxylic acids is 2. The minimum Gasteiger partial charge on any atom is -0.382 e. The number of H-pyrrole nitrogens is 1. The molecule has 1 amide bonds. The number of fused-ring (bicyclic) bond motifs is 1. The maximum absolute atomic E-state index is 12.7. The molecule has 4 aromatic rings. The average Bonchev–Trinajstić information content (AvgIpc) is 3.67. The Hall–Kier alpha value is -4.31. The van der Waals surface area contributed by atoms with Gasteiger partial charge in [-0.05, 0) is 61.9 Å². The zero-order valence-corrected chi connectivity index (χ0v) is 22.3. The van der Waals surface area contributed by atoms with E-state index in [-0.39, 0.29) is 35.1 Å². The number of pyridine rings is 1. The molecule has 2 atom stereocenters. The molecule has 0 aliphatic carbocycles. The molecule has 10 heteroatoms. The Balaban J connectivity index is 1.33. The van der Waals surface area contributed by atoms with E-state index in [1.54, 1.807) is 20.0 Å². The van der Waals surface area contributed by atoms with Gasteiger partial charge in [-0.25, -0.2) is 4.98 Å². The summed E-state index contributed by atoms with van der Waals surface area (Å²) >= 11 is 0. The lowest BCUT2D eigenvalue weighted by Crippen LogP contribution is -2.27. The first-order valence-corrected chi connectivity index (χ1v) is 13.0. The van der Waals surface area contributed by atoms with E-state index in [9.17, 15) is 14.7 Å². The molecule has 0 saturated carbocycles. The van der Waals surface area contributed by atoms with Crippen LogP contribution in [0.4, 0.5) is 5.82 Å². The van der Waals surface area contributed by atoms with E-state index in [1.807, 2.05) is 37.3 Å². The van der Waals surface area contributed by atoms with Crippen LogP contribution in [0.2, 0.25) is 0 Å². The van der Waals surface area contributed by atoms with Gasteiger partial charge in [-0.2, -0.15) is 5.10 Å². The van der Waals surface area contributed by atoms with Gasteiger partial charge in [0.1, 0.15) is 5.60 Å². The lowest BCUT2D eigenvalue weighted by molar-refractivity contribution is -0.115. The SMILES string of the molecule is C=CC(=O)C[C@@H]1CCN(c2n[nH]c3nccc(-c4ccc([C@@H](C)NC(=O)c5cc(C(C)(C)O)on5)cc4)c23)C1. The lowest BCUT2D eigenvalue weighted by Gasteiger charge is -2.17. The van der Waals surface area contributed by atoms with E-state index in [2.05, 4.69) is 37.1 Å². The summed E-state index contributed by atoms with van der Waals surface area (Å²) in [4.78, 5) is 31.2. The van der Waals surface area contributed by atoms with Crippen LogP contribution in [0.5, 0.6) is 0 Å². The third-order valence-electron chi connectivity index (χ3n) is 7.16.